The van der Waals surface area contributed by atoms with Gasteiger partial charge in [-0.25, -0.2) is 4.79 Å². The summed E-state index contributed by atoms with van der Waals surface area (Å²) in [6, 6.07) is 15.5. The lowest BCUT2D eigenvalue weighted by Crippen LogP contribution is -2.34. The Hall–Kier alpha value is -2.86. The zero-order chi connectivity index (χ0) is 22.1. The lowest BCUT2D eigenvalue weighted by molar-refractivity contribution is 0.0951. The van der Waals surface area contributed by atoms with Gasteiger partial charge in [-0.15, -0.1) is 0 Å². The Balaban J connectivity index is 1.86. The van der Waals surface area contributed by atoms with Crippen molar-refractivity contribution in [1.82, 2.24) is 15.5 Å². The molecule has 0 radical (unpaired) electrons. The van der Waals surface area contributed by atoms with Crippen molar-refractivity contribution >= 4 is 17.6 Å². The van der Waals surface area contributed by atoms with E-state index in [-0.39, 0.29) is 18.0 Å². The molecule has 3 N–H and O–H groups in total. The number of carbonyl (C=O) groups is 2. The second kappa shape index (κ2) is 11.4. The second-order valence-electron chi connectivity index (χ2n) is 7.99. The molecule has 0 aliphatic rings. The monoisotopic (exact) mass is 410 g/mol. The van der Waals surface area contributed by atoms with E-state index in [1.165, 1.54) is 5.56 Å². The van der Waals surface area contributed by atoms with Gasteiger partial charge in [-0.3, -0.25) is 9.69 Å². The number of nitrogens with one attached hydrogen (secondary N) is 3. The number of nitrogens with zero attached hydrogens (tertiary/aromatic N) is 1. The number of hydrogen-bond acceptors (Lipinski definition) is 3. The summed E-state index contributed by atoms with van der Waals surface area (Å²) in [5.74, 6) is -0.101. The van der Waals surface area contributed by atoms with Gasteiger partial charge in [-0.2, -0.15) is 0 Å². The highest BCUT2D eigenvalue weighted by atomic mass is 16.2. The zero-order valence-electron chi connectivity index (χ0n) is 18.7. The Labute approximate surface area is 180 Å². The molecule has 0 spiro atoms. The van der Waals surface area contributed by atoms with Crippen LogP contribution in [0, 0.1) is 0 Å². The van der Waals surface area contributed by atoms with Gasteiger partial charge in [0.15, 0.2) is 0 Å². The number of anilines is 1. The summed E-state index contributed by atoms with van der Waals surface area (Å²) < 4.78 is 0. The molecule has 0 atom stereocenters. The summed E-state index contributed by atoms with van der Waals surface area (Å²) in [5, 5.41) is 8.50. The first-order valence-electron chi connectivity index (χ1n) is 10.6. The number of amides is 3. The van der Waals surface area contributed by atoms with Crippen LogP contribution < -0.4 is 16.0 Å². The molecule has 0 unspecified atom stereocenters. The smallest absolute Gasteiger partial charge is 0.319 e. The Bertz CT molecular complexity index is 814. The zero-order valence-corrected chi connectivity index (χ0v) is 18.7. The van der Waals surface area contributed by atoms with Crippen LogP contribution in [-0.4, -0.2) is 35.5 Å². The highest BCUT2D eigenvalue weighted by molar-refractivity contribution is 5.94. The van der Waals surface area contributed by atoms with Crippen molar-refractivity contribution in [2.75, 3.05) is 11.9 Å². The predicted octanol–water partition coefficient (Wildman–Crippen LogP) is 4.38. The first-order chi connectivity index (χ1) is 14.3. The van der Waals surface area contributed by atoms with Crippen LogP contribution in [0.2, 0.25) is 0 Å². The second-order valence-corrected chi connectivity index (χ2v) is 7.99. The van der Waals surface area contributed by atoms with Crippen molar-refractivity contribution in [3.05, 3.63) is 65.2 Å². The van der Waals surface area contributed by atoms with Crippen molar-refractivity contribution in [3.8, 4) is 0 Å². The van der Waals surface area contributed by atoms with E-state index >= 15 is 0 Å². The Morgan fingerprint density at radius 1 is 0.900 bits per heavy atom. The molecule has 2 aromatic carbocycles. The summed E-state index contributed by atoms with van der Waals surface area (Å²) in [7, 11) is 0. The number of urea groups is 1. The fourth-order valence-electron chi connectivity index (χ4n) is 3.08. The highest BCUT2D eigenvalue weighted by Gasteiger charge is 2.10. The molecule has 0 aromatic heterocycles. The van der Waals surface area contributed by atoms with Crippen LogP contribution in [0.25, 0.3) is 0 Å². The normalized spacial score (nSPS) is 11.1. The number of hydrogen-bond donors (Lipinski definition) is 3. The van der Waals surface area contributed by atoms with Gasteiger partial charge >= 0.3 is 6.03 Å². The minimum atomic E-state index is -0.232. The molecular weight excluding hydrogens is 376 g/mol. The van der Waals surface area contributed by atoms with Crippen LogP contribution in [0.5, 0.6) is 0 Å². The molecular formula is C24H34N4O2. The fourth-order valence-corrected chi connectivity index (χ4v) is 3.08. The molecule has 6 heteroatoms. The molecule has 0 saturated heterocycles. The van der Waals surface area contributed by atoms with E-state index < -0.39 is 0 Å². The molecule has 0 fully saturated rings. The van der Waals surface area contributed by atoms with Crippen LogP contribution in [0.3, 0.4) is 0 Å². The van der Waals surface area contributed by atoms with Crippen LogP contribution in [0.15, 0.2) is 48.5 Å². The van der Waals surface area contributed by atoms with E-state index in [0.717, 1.165) is 18.7 Å². The van der Waals surface area contributed by atoms with Gasteiger partial charge in [0.05, 0.1) is 0 Å². The maximum absolute atomic E-state index is 12.4. The van der Waals surface area contributed by atoms with Crippen LogP contribution >= 0.6 is 0 Å². The number of carbonyl (C=O) groups excluding carboxylic acids is 2. The Morgan fingerprint density at radius 3 is 2.03 bits per heavy atom. The van der Waals surface area contributed by atoms with Gasteiger partial charge < -0.3 is 16.0 Å². The predicted molar refractivity (Wildman–Crippen MR) is 123 cm³/mol. The van der Waals surface area contributed by atoms with E-state index in [1.54, 1.807) is 0 Å². The molecule has 0 aliphatic carbocycles. The lowest BCUT2D eigenvalue weighted by Gasteiger charge is -2.24. The third-order valence-electron chi connectivity index (χ3n) is 4.82. The molecule has 0 heterocycles. The SMILES string of the molecule is CCN(Cc1ccc(C(=O)NCc2ccc(NC(=O)NC(C)C)cc2)cc1)C(C)C. The summed E-state index contributed by atoms with van der Waals surface area (Å²) in [4.78, 5) is 26.6. The van der Waals surface area contributed by atoms with Crippen LogP contribution in [-0.2, 0) is 13.1 Å². The minimum Gasteiger partial charge on any atom is -0.348 e. The highest BCUT2D eigenvalue weighted by Crippen LogP contribution is 2.12. The molecule has 30 heavy (non-hydrogen) atoms. The van der Waals surface area contributed by atoms with Gasteiger partial charge in [0.2, 0.25) is 0 Å². The van der Waals surface area contributed by atoms with Crippen molar-refractivity contribution in [1.29, 1.82) is 0 Å². The molecule has 6 nitrogen and oxygen atoms in total. The molecule has 162 valence electrons. The molecule has 0 bridgehead atoms. The Kier molecular flexibility index (Phi) is 8.87. The van der Waals surface area contributed by atoms with E-state index in [0.29, 0.717) is 23.8 Å². The third kappa shape index (κ3) is 7.52. The maximum atomic E-state index is 12.4. The van der Waals surface area contributed by atoms with Crippen molar-refractivity contribution < 1.29 is 9.59 Å². The van der Waals surface area contributed by atoms with Crippen LogP contribution in [0.4, 0.5) is 10.5 Å². The van der Waals surface area contributed by atoms with Crippen molar-refractivity contribution in [2.24, 2.45) is 0 Å². The van der Waals surface area contributed by atoms with Gasteiger partial charge in [0.1, 0.15) is 0 Å². The van der Waals surface area contributed by atoms with Crippen molar-refractivity contribution in [2.45, 2.75) is 59.8 Å². The third-order valence-corrected chi connectivity index (χ3v) is 4.82. The molecule has 2 aromatic rings. The lowest BCUT2D eigenvalue weighted by atomic mass is 10.1. The fraction of sp³-hybridized carbons (Fsp3) is 0.417. The average Bonchev–Trinajstić information content (AvgIpc) is 2.70. The quantitative estimate of drug-likeness (QED) is 0.574. The standard InChI is InChI=1S/C24H34N4O2/c1-6-28(18(4)5)16-20-7-11-21(12-8-20)23(29)25-15-19-9-13-22(14-10-19)27-24(30)26-17(2)3/h7-14,17-18H,6,15-16H2,1-5H3,(H,25,29)(H2,26,27,30). The van der Waals surface area contributed by atoms with Gasteiger partial charge in [0, 0.05) is 36.4 Å². The van der Waals surface area contributed by atoms with E-state index in [9.17, 15) is 9.59 Å². The molecule has 0 aliphatic heterocycles. The van der Waals surface area contributed by atoms with E-state index in [4.69, 9.17) is 0 Å². The van der Waals surface area contributed by atoms with Crippen LogP contribution in [0.1, 0.15) is 56.1 Å². The molecule has 3 amide bonds. The maximum Gasteiger partial charge on any atom is 0.319 e. The molecule has 2 rings (SSSR count). The minimum absolute atomic E-state index is 0.0781. The summed E-state index contributed by atoms with van der Waals surface area (Å²) in [6.07, 6.45) is 0. The van der Waals surface area contributed by atoms with Gasteiger partial charge in [-0.1, -0.05) is 31.2 Å². The number of benzene rings is 2. The first kappa shape index (κ1) is 23.4. The first-order valence-corrected chi connectivity index (χ1v) is 10.6. The topological polar surface area (TPSA) is 73.5 Å². The summed E-state index contributed by atoms with van der Waals surface area (Å²) >= 11 is 0. The average molecular weight is 411 g/mol. The largest absolute Gasteiger partial charge is 0.348 e. The van der Waals surface area contributed by atoms with E-state index in [2.05, 4.69) is 41.6 Å². The summed E-state index contributed by atoms with van der Waals surface area (Å²) in [6.45, 7) is 12.7. The van der Waals surface area contributed by atoms with Gasteiger partial charge in [-0.05, 0) is 69.6 Å². The Morgan fingerprint density at radius 2 is 1.50 bits per heavy atom. The van der Waals surface area contributed by atoms with Crippen molar-refractivity contribution in [3.63, 3.8) is 0 Å². The van der Waals surface area contributed by atoms with Gasteiger partial charge in [0.25, 0.3) is 5.91 Å². The molecule has 0 saturated carbocycles. The number of rotatable bonds is 9. The summed E-state index contributed by atoms with van der Waals surface area (Å²) in [5.41, 5.74) is 3.52. The van der Waals surface area contributed by atoms with E-state index in [1.807, 2.05) is 62.4 Å².